The first-order chi connectivity index (χ1) is 12.4. The first-order valence-electron chi connectivity index (χ1n) is 9.57. The lowest BCUT2D eigenvalue weighted by Gasteiger charge is -2.25. The Kier molecular flexibility index (Phi) is 5.32. The Morgan fingerprint density at radius 1 is 0.538 bits per heavy atom. The maximum Gasteiger partial charge on any atom is 0.0135 e. The van der Waals surface area contributed by atoms with Gasteiger partial charge in [-0.1, -0.05) is 54.6 Å². The third kappa shape index (κ3) is 3.46. The summed E-state index contributed by atoms with van der Waals surface area (Å²) in [4.78, 5) is 0. The number of hydrogen-bond donors (Lipinski definition) is 0. The molecule has 0 N–H and O–H groups in total. The summed E-state index contributed by atoms with van der Waals surface area (Å²) in [6.45, 7) is 13.4. The lowest BCUT2D eigenvalue weighted by Crippen LogP contribution is -2.11. The highest BCUT2D eigenvalue weighted by molar-refractivity contribution is 5.47. The fourth-order valence-electron chi connectivity index (χ4n) is 3.94. The largest absolute Gasteiger partial charge is 0.0617 e. The van der Waals surface area contributed by atoms with Crippen LogP contribution in [0.3, 0.4) is 0 Å². The predicted octanol–water partition coefficient (Wildman–Crippen LogP) is 6.91. The SMILES string of the molecule is Cc1cccc(CC(c2cccc(C)c2C)c2cccc(C)c2C)c1C. The molecule has 0 unspecified atom stereocenters. The summed E-state index contributed by atoms with van der Waals surface area (Å²) in [6, 6.07) is 20.2. The third-order valence-corrected chi connectivity index (χ3v) is 6.18. The highest BCUT2D eigenvalue weighted by atomic mass is 14.2. The summed E-state index contributed by atoms with van der Waals surface area (Å²) >= 11 is 0. The van der Waals surface area contributed by atoms with Gasteiger partial charge in [0.1, 0.15) is 0 Å². The summed E-state index contributed by atoms with van der Waals surface area (Å²) in [7, 11) is 0. The molecule has 0 atom stereocenters. The van der Waals surface area contributed by atoms with Gasteiger partial charge in [0.05, 0.1) is 0 Å². The quantitative estimate of drug-likeness (QED) is 0.483. The molecule has 0 spiro atoms. The van der Waals surface area contributed by atoms with E-state index >= 15 is 0 Å². The normalized spacial score (nSPS) is 11.2. The van der Waals surface area contributed by atoms with Crippen LogP contribution in [0.5, 0.6) is 0 Å². The molecule has 0 nitrogen and oxygen atoms in total. The summed E-state index contributed by atoms with van der Waals surface area (Å²) < 4.78 is 0. The lowest BCUT2D eigenvalue weighted by atomic mass is 9.79. The van der Waals surface area contributed by atoms with Crippen molar-refractivity contribution in [3.8, 4) is 0 Å². The number of benzene rings is 3. The zero-order valence-electron chi connectivity index (χ0n) is 17.0. The average molecular weight is 343 g/mol. The Hall–Kier alpha value is -2.34. The van der Waals surface area contributed by atoms with Crippen LogP contribution in [-0.2, 0) is 6.42 Å². The van der Waals surface area contributed by atoms with Gasteiger partial charge in [-0.2, -0.15) is 0 Å². The minimum atomic E-state index is 0.385. The zero-order valence-corrected chi connectivity index (χ0v) is 17.0. The van der Waals surface area contributed by atoms with Crippen molar-refractivity contribution in [2.24, 2.45) is 0 Å². The van der Waals surface area contributed by atoms with Gasteiger partial charge in [0.2, 0.25) is 0 Å². The summed E-state index contributed by atoms with van der Waals surface area (Å²) in [6.07, 6.45) is 1.04. The Labute approximate surface area is 158 Å². The molecule has 0 amide bonds. The van der Waals surface area contributed by atoms with Crippen molar-refractivity contribution < 1.29 is 0 Å². The zero-order chi connectivity index (χ0) is 18.8. The average Bonchev–Trinajstić information content (AvgIpc) is 2.62. The van der Waals surface area contributed by atoms with Gasteiger partial charge in [0.15, 0.2) is 0 Å². The van der Waals surface area contributed by atoms with E-state index in [4.69, 9.17) is 0 Å². The molecule has 0 aliphatic carbocycles. The van der Waals surface area contributed by atoms with E-state index in [1.807, 2.05) is 0 Å². The molecule has 0 aliphatic rings. The third-order valence-electron chi connectivity index (χ3n) is 6.18. The minimum Gasteiger partial charge on any atom is -0.0617 e. The van der Waals surface area contributed by atoms with Crippen molar-refractivity contribution in [1.82, 2.24) is 0 Å². The van der Waals surface area contributed by atoms with Crippen LogP contribution in [0.4, 0.5) is 0 Å². The van der Waals surface area contributed by atoms with E-state index in [0.717, 1.165) is 6.42 Å². The molecule has 3 rings (SSSR count). The standard InChI is InChI=1S/C26H30/c1-17-10-7-13-23(20(17)4)16-26(24-14-8-11-18(2)21(24)5)25-15-9-12-19(3)22(25)6/h7-15,26H,16H2,1-6H3. The van der Waals surface area contributed by atoms with Gasteiger partial charge in [-0.25, -0.2) is 0 Å². The van der Waals surface area contributed by atoms with Crippen molar-refractivity contribution in [2.75, 3.05) is 0 Å². The minimum absolute atomic E-state index is 0.385. The van der Waals surface area contributed by atoms with Gasteiger partial charge in [-0.05, 0) is 98.0 Å². The molecule has 0 saturated carbocycles. The molecule has 0 bridgehead atoms. The van der Waals surface area contributed by atoms with Crippen LogP contribution in [0.2, 0.25) is 0 Å². The van der Waals surface area contributed by atoms with E-state index in [1.54, 1.807) is 0 Å². The molecule has 0 heterocycles. The maximum atomic E-state index is 2.32. The van der Waals surface area contributed by atoms with E-state index in [-0.39, 0.29) is 0 Å². The Morgan fingerprint density at radius 2 is 0.962 bits per heavy atom. The van der Waals surface area contributed by atoms with E-state index in [0.29, 0.717) is 5.92 Å². The molecule has 0 saturated heterocycles. The number of rotatable bonds is 4. The fraction of sp³-hybridized carbons (Fsp3) is 0.308. The first kappa shape index (κ1) is 18.5. The Bertz CT molecular complexity index is 879. The van der Waals surface area contributed by atoms with Gasteiger partial charge >= 0.3 is 0 Å². The molecule has 0 radical (unpaired) electrons. The molecule has 26 heavy (non-hydrogen) atoms. The van der Waals surface area contributed by atoms with Crippen molar-refractivity contribution in [1.29, 1.82) is 0 Å². The van der Waals surface area contributed by atoms with E-state index in [9.17, 15) is 0 Å². The van der Waals surface area contributed by atoms with E-state index in [2.05, 4.69) is 96.1 Å². The smallest absolute Gasteiger partial charge is 0.0135 e. The predicted molar refractivity (Wildman–Crippen MR) is 113 cm³/mol. The molecular weight excluding hydrogens is 312 g/mol. The van der Waals surface area contributed by atoms with Crippen LogP contribution >= 0.6 is 0 Å². The molecule has 0 fully saturated rings. The molecule has 3 aromatic carbocycles. The second-order valence-electron chi connectivity index (χ2n) is 7.69. The van der Waals surface area contributed by atoms with E-state index in [1.165, 1.54) is 50.1 Å². The van der Waals surface area contributed by atoms with E-state index < -0.39 is 0 Å². The van der Waals surface area contributed by atoms with Crippen LogP contribution in [-0.4, -0.2) is 0 Å². The van der Waals surface area contributed by atoms with Crippen LogP contribution in [0.25, 0.3) is 0 Å². The monoisotopic (exact) mass is 342 g/mol. The van der Waals surface area contributed by atoms with Gasteiger partial charge < -0.3 is 0 Å². The van der Waals surface area contributed by atoms with Crippen molar-refractivity contribution in [3.63, 3.8) is 0 Å². The molecule has 0 aliphatic heterocycles. The molecular formula is C26H30. The van der Waals surface area contributed by atoms with Crippen LogP contribution in [0, 0.1) is 41.5 Å². The highest BCUT2D eigenvalue weighted by Gasteiger charge is 2.21. The lowest BCUT2D eigenvalue weighted by molar-refractivity contribution is 0.783. The summed E-state index contributed by atoms with van der Waals surface area (Å²) in [5, 5.41) is 0. The van der Waals surface area contributed by atoms with Gasteiger partial charge in [-0.15, -0.1) is 0 Å². The molecule has 0 aromatic heterocycles. The van der Waals surface area contributed by atoms with Crippen molar-refractivity contribution >= 4 is 0 Å². The Morgan fingerprint density at radius 3 is 1.46 bits per heavy atom. The maximum absolute atomic E-state index is 2.32. The summed E-state index contributed by atoms with van der Waals surface area (Å²) in [5.41, 5.74) is 12.8. The highest BCUT2D eigenvalue weighted by Crippen LogP contribution is 2.35. The second kappa shape index (κ2) is 7.50. The topological polar surface area (TPSA) is 0 Å². The molecule has 3 aromatic rings. The van der Waals surface area contributed by atoms with Crippen LogP contribution in [0.15, 0.2) is 54.6 Å². The first-order valence-corrected chi connectivity index (χ1v) is 9.57. The Balaban J connectivity index is 2.18. The van der Waals surface area contributed by atoms with Gasteiger partial charge in [0.25, 0.3) is 0 Å². The number of aryl methyl sites for hydroxylation is 3. The fourth-order valence-corrected chi connectivity index (χ4v) is 3.94. The summed E-state index contributed by atoms with van der Waals surface area (Å²) in [5.74, 6) is 0.385. The van der Waals surface area contributed by atoms with Gasteiger partial charge in [-0.3, -0.25) is 0 Å². The molecule has 134 valence electrons. The molecule has 0 heteroatoms. The van der Waals surface area contributed by atoms with Crippen molar-refractivity contribution in [2.45, 2.75) is 53.9 Å². The van der Waals surface area contributed by atoms with Crippen molar-refractivity contribution in [3.05, 3.63) is 105 Å². The van der Waals surface area contributed by atoms with Gasteiger partial charge in [0, 0.05) is 5.92 Å². The number of hydrogen-bond acceptors (Lipinski definition) is 0. The van der Waals surface area contributed by atoms with Crippen LogP contribution < -0.4 is 0 Å². The second-order valence-corrected chi connectivity index (χ2v) is 7.69. The van der Waals surface area contributed by atoms with Crippen LogP contribution in [0.1, 0.15) is 56.0 Å².